The molecule has 2 N–H and O–H groups in total. The van der Waals surface area contributed by atoms with Gasteiger partial charge >= 0.3 is 0 Å². The molecule has 2 heterocycles. The van der Waals surface area contributed by atoms with Gasteiger partial charge in [0.25, 0.3) is 0 Å². The number of nitrogens with one attached hydrogen (secondary N) is 2. The zero-order chi connectivity index (χ0) is 19.9. The Bertz CT molecular complexity index is 970. The molecule has 2 aromatic heterocycles. The maximum atomic E-state index is 12.0. The van der Waals surface area contributed by atoms with E-state index in [1.165, 1.54) is 12.2 Å². The highest BCUT2D eigenvalue weighted by Crippen LogP contribution is 2.18. The number of benzene rings is 1. The van der Waals surface area contributed by atoms with Crippen LogP contribution in [0.4, 0.5) is 11.4 Å². The molecule has 3 rings (SSSR count). The molecule has 2 amide bonds. The Morgan fingerprint density at radius 2 is 1.21 bits per heavy atom. The molecule has 142 valence electrons. The molecule has 8 heteroatoms. The lowest BCUT2D eigenvalue weighted by molar-refractivity contribution is -0.112. The number of halogens is 2. The van der Waals surface area contributed by atoms with Crippen molar-refractivity contribution in [3.63, 3.8) is 0 Å². The van der Waals surface area contributed by atoms with E-state index < -0.39 is 0 Å². The highest BCUT2D eigenvalue weighted by Gasteiger charge is 2.03. The van der Waals surface area contributed by atoms with E-state index >= 15 is 0 Å². The fourth-order valence-electron chi connectivity index (χ4n) is 2.19. The zero-order valence-corrected chi connectivity index (χ0v) is 17.5. The molecular weight excluding hydrogens is 492 g/mol. The number of hydrogen-bond donors (Lipinski definition) is 2. The molecule has 6 nitrogen and oxygen atoms in total. The lowest BCUT2D eigenvalue weighted by Crippen LogP contribution is -2.10. The highest BCUT2D eigenvalue weighted by atomic mass is 79.9. The largest absolute Gasteiger partial charge is 0.450 e. The minimum absolute atomic E-state index is 0.320. The Morgan fingerprint density at radius 3 is 1.61 bits per heavy atom. The van der Waals surface area contributed by atoms with Crippen molar-refractivity contribution in [2.45, 2.75) is 0 Å². The summed E-state index contributed by atoms with van der Waals surface area (Å²) in [6.45, 7) is 0. The molecule has 0 atom stereocenters. The van der Waals surface area contributed by atoms with Crippen LogP contribution in [0.3, 0.4) is 0 Å². The quantitative estimate of drug-likeness (QED) is 0.421. The van der Waals surface area contributed by atoms with Crippen LogP contribution < -0.4 is 10.6 Å². The third-order valence-electron chi connectivity index (χ3n) is 3.38. The molecule has 0 aliphatic rings. The molecule has 0 aliphatic carbocycles. The van der Waals surface area contributed by atoms with Crippen LogP contribution in [0.15, 0.2) is 78.9 Å². The Morgan fingerprint density at radius 1 is 0.750 bits per heavy atom. The van der Waals surface area contributed by atoms with Gasteiger partial charge in [0.05, 0.1) is 0 Å². The van der Waals surface area contributed by atoms with Crippen molar-refractivity contribution in [2.75, 3.05) is 10.6 Å². The Hall–Kier alpha value is -2.84. The number of rotatable bonds is 6. The van der Waals surface area contributed by atoms with Crippen molar-refractivity contribution in [3.05, 3.63) is 81.5 Å². The molecule has 3 aromatic rings. The topological polar surface area (TPSA) is 84.5 Å². The average molecular weight is 506 g/mol. The molecule has 0 unspecified atom stereocenters. The van der Waals surface area contributed by atoms with Crippen molar-refractivity contribution < 1.29 is 18.4 Å². The first-order valence-corrected chi connectivity index (χ1v) is 9.65. The SMILES string of the molecule is O=C(C=Cc1ccc(Br)o1)Nc1cccc(NC(=O)C=Cc2ccc(Br)o2)c1. The van der Waals surface area contributed by atoms with E-state index in [0.29, 0.717) is 32.2 Å². The van der Waals surface area contributed by atoms with Crippen LogP contribution >= 0.6 is 31.9 Å². The minimum Gasteiger partial charge on any atom is -0.450 e. The second-order valence-electron chi connectivity index (χ2n) is 5.51. The maximum Gasteiger partial charge on any atom is 0.248 e. The predicted octanol–water partition coefficient (Wildman–Crippen LogP) is 5.70. The smallest absolute Gasteiger partial charge is 0.248 e. The molecule has 0 saturated carbocycles. The monoisotopic (exact) mass is 504 g/mol. The van der Waals surface area contributed by atoms with Crippen molar-refractivity contribution in [1.29, 1.82) is 0 Å². The van der Waals surface area contributed by atoms with Crippen molar-refractivity contribution in [1.82, 2.24) is 0 Å². The lowest BCUT2D eigenvalue weighted by atomic mass is 10.2. The Kier molecular flexibility index (Phi) is 6.67. The van der Waals surface area contributed by atoms with E-state index in [2.05, 4.69) is 42.5 Å². The van der Waals surface area contributed by atoms with Crippen LogP contribution in [0.1, 0.15) is 11.5 Å². The molecule has 28 heavy (non-hydrogen) atoms. The van der Waals surface area contributed by atoms with E-state index in [4.69, 9.17) is 8.83 Å². The first-order valence-electron chi connectivity index (χ1n) is 8.07. The fourth-order valence-corrected chi connectivity index (χ4v) is 2.83. The maximum absolute atomic E-state index is 12.0. The molecule has 0 radical (unpaired) electrons. The number of amides is 2. The second-order valence-corrected chi connectivity index (χ2v) is 7.07. The number of furan rings is 2. The number of hydrogen-bond acceptors (Lipinski definition) is 4. The first kappa shape index (κ1) is 19.9. The van der Waals surface area contributed by atoms with Crippen LogP contribution in [0, 0.1) is 0 Å². The van der Waals surface area contributed by atoms with Gasteiger partial charge in [-0.15, -0.1) is 0 Å². The van der Waals surface area contributed by atoms with E-state index in [0.717, 1.165) is 0 Å². The first-order chi connectivity index (χ1) is 13.5. The summed E-state index contributed by atoms with van der Waals surface area (Å²) in [6, 6.07) is 13.8. The van der Waals surface area contributed by atoms with Crippen molar-refractivity contribution in [3.8, 4) is 0 Å². The van der Waals surface area contributed by atoms with Crippen LogP contribution in [0.5, 0.6) is 0 Å². The van der Waals surface area contributed by atoms with Crippen LogP contribution in [0.25, 0.3) is 12.2 Å². The second kappa shape index (κ2) is 9.38. The zero-order valence-electron chi connectivity index (χ0n) is 14.3. The van der Waals surface area contributed by atoms with Crippen LogP contribution in [0.2, 0.25) is 0 Å². The third kappa shape index (κ3) is 6.11. The summed E-state index contributed by atoms with van der Waals surface area (Å²) >= 11 is 6.40. The molecule has 0 aliphatic heterocycles. The molecular formula is C20H14Br2N2O4. The van der Waals surface area contributed by atoms with Crippen LogP contribution in [-0.2, 0) is 9.59 Å². The van der Waals surface area contributed by atoms with Gasteiger partial charge in [-0.3, -0.25) is 9.59 Å². The predicted molar refractivity (Wildman–Crippen MR) is 115 cm³/mol. The Labute approximate surface area is 177 Å². The number of carbonyl (C=O) groups is 2. The summed E-state index contributed by atoms with van der Waals surface area (Å²) < 4.78 is 11.8. The third-order valence-corrected chi connectivity index (χ3v) is 4.24. The molecule has 0 fully saturated rings. The molecule has 0 saturated heterocycles. The van der Waals surface area contributed by atoms with Gasteiger partial charge in [-0.1, -0.05) is 6.07 Å². The summed E-state index contributed by atoms with van der Waals surface area (Å²) in [7, 11) is 0. The van der Waals surface area contributed by atoms with Gasteiger partial charge in [0.2, 0.25) is 11.8 Å². The normalized spacial score (nSPS) is 11.2. The number of carbonyl (C=O) groups excluding carboxylic acids is 2. The Balaban J connectivity index is 1.57. The van der Waals surface area contributed by atoms with Crippen molar-refractivity contribution >= 4 is 67.2 Å². The standard InChI is InChI=1S/C20H14Br2N2O4/c21-17-8-4-15(27-17)6-10-19(25)23-13-2-1-3-14(12-13)24-20(26)11-7-16-5-9-18(22)28-16/h1-12H,(H,23,25)(H,24,26). The van der Waals surface area contributed by atoms with E-state index in [-0.39, 0.29) is 11.8 Å². The molecule has 1 aromatic carbocycles. The summed E-state index contributed by atoms with van der Waals surface area (Å²) in [5.74, 6) is 0.468. The molecule has 0 bridgehead atoms. The van der Waals surface area contributed by atoms with E-state index in [9.17, 15) is 9.59 Å². The number of anilines is 2. The van der Waals surface area contributed by atoms with Gasteiger partial charge in [-0.2, -0.15) is 0 Å². The summed E-state index contributed by atoms with van der Waals surface area (Å²) in [5.41, 5.74) is 1.10. The van der Waals surface area contributed by atoms with E-state index in [1.807, 2.05) is 0 Å². The van der Waals surface area contributed by atoms with Gasteiger partial charge in [-0.25, -0.2) is 0 Å². The van der Waals surface area contributed by atoms with Gasteiger partial charge in [0, 0.05) is 23.5 Å². The van der Waals surface area contributed by atoms with Gasteiger partial charge in [-0.05, 0) is 86.5 Å². The van der Waals surface area contributed by atoms with Gasteiger partial charge < -0.3 is 19.5 Å². The fraction of sp³-hybridized carbons (Fsp3) is 0. The minimum atomic E-state index is -0.320. The van der Waals surface area contributed by atoms with Crippen molar-refractivity contribution in [2.24, 2.45) is 0 Å². The summed E-state index contributed by atoms with van der Waals surface area (Å²) in [4.78, 5) is 24.0. The highest BCUT2D eigenvalue weighted by molar-refractivity contribution is 9.10. The lowest BCUT2D eigenvalue weighted by Gasteiger charge is -2.06. The average Bonchev–Trinajstić information content (AvgIpc) is 3.26. The van der Waals surface area contributed by atoms with Gasteiger partial charge in [0.1, 0.15) is 11.5 Å². The summed E-state index contributed by atoms with van der Waals surface area (Å²) in [6.07, 6.45) is 5.84. The van der Waals surface area contributed by atoms with Crippen LogP contribution in [-0.4, -0.2) is 11.8 Å². The van der Waals surface area contributed by atoms with Gasteiger partial charge in [0.15, 0.2) is 9.34 Å². The summed E-state index contributed by atoms with van der Waals surface area (Å²) in [5, 5.41) is 5.45. The molecule has 0 spiro atoms. The van der Waals surface area contributed by atoms with E-state index in [1.54, 1.807) is 60.7 Å².